The van der Waals surface area contributed by atoms with Crippen LogP contribution in [0.2, 0.25) is 0 Å². The molecule has 0 bridgehead atoms. The molecular weight excluding hydrogens is 246 g/mol. The Hall–Kier alpha value is -1.36. The molecule has 5 heteroatoms. The van der Waals surface area contributed by atoms with Gasteiger partial charge in [0.15, 0.2) is 0 Å². The third kappa shape index (κ3) is 3.10. The lowest BCUT2D eigenvalue weighted by Gasteiger charge is -2.14. The Bertz CT molecular complexity index is 430. The second kappa shape index (κ2) is 6.00. The van der Waals surface area contributed by atoms with Gasteiger partial charge in [-0.25, -0.2) is 0 Å². The van der Waals surface area contributed by atoms with Crippen molar-refractivity contribution < 1.29 is 4.79 Å². The van der Waals surface area contributed by atoms with Gasteiger partial charge in [-0.15, -0.1) is 0 Å². The molecule has 1 aromatic carbocycles. The molecule has 1 aromatic rings. The van der Waals surface area contributed by atoms with Crippen LogP contribution in [0.25, 0.3) is 0 Å². The smallest absolute Gasteiger partial charge is 0.251 e. The van der Waals surface area contributed by atoms with E-state index in [2.05, 4.69) is 10.6 Å². The van der Waals surface area contributed by atoms with Crippen LogP contribution in [0, 0.1) is 5.92 Å². The van der Waals surface area contributed by atoms with Gasteiger partial charge in [0.1, 0.15) is 0 Å². The van der Waals surface area contributed by atoms with Crippen molar-refractivity contribution in [3.8, 4) is 0 Å². The predicted octanol–water partition coefficient (Wildman–Crippen LogP) is 1.79. The van der Waals surface area contributed by atoms with Crippen molar-refractivity contribution in [1.29, 1.82) is 0 Å². The van der Waals surface area contributed by atoms with Crippen LogP contribution < -0.4 is 16.4 Å². The van der Waals surface area contributed by atoms with Gasteiger partial charge in [0.25, 0.3) is 5.91 Å². The Labute approximate surface area is 112 Å². The number of nitrogens with two attached hydrogens (primary N) is 1. The fourth-order valence-corrected chi connectivity index (χ4v) is 3.28. The van der Waals surface area contributed by atoms with E-state index in [0.29, 0.717) is 17.2 Å². The maximum Gasteiger partial charge on any atom is 0.251 e. The van der Waals surface area contributed by atoms with Crippen LogP contribution in [-0.2, 0) is 0 Å². The first-order valence-electron chi connectivity index (χ1n) is 6.14. The van der Waals surface area contributed by atoms with E-state index in [1.54, 1.807) is 19.2 Å². The number of nitrogens with one attached hydrogen (secondary N) is 2. The largest absolute Gasteiger partial charge is 0.397 e. The maximum absolute atomic E-state index is 11.6. The molecule has 1 saturated heterocycles. The first-order chi connectivity index (χ1) is 8.70. The zero-order valence-electron chi connectivity index (χ0n) is 10.5. The quantitative estimate of drug-likeness (QED) is 0.726. The number of carbonyl (C=O) groups excluding carboxylic acids is 1. The van der Waals surface area contributed by atoms with E-state index in [-0.39, 0.29) is 5.91 Å². The Morgan fingerprint density at radius 1 is 1.56 bits per heavy atom. The van der Waals surface area contributed by atoms with E-state index in [9.17, 15) is 4.79 Å². The zero-order valence-corrected chi connectivity index (χ0v) is 11.3. The highest BCUT2D eigenvalue weighted by molar-refractivity contribution is 7.99. The molecule has 4 nitrogen and oxygen atoms in total. The van der Waals surface area contributed by atoms with E-state index in [1.165, 1.54) is 17.9 Å². The lowest BCUT2D eigenvalue weighted by atomic mass is 10.1. The molecule has 1 aliphatic heterocycles. The molecule has 0 spiro atoms. The van der Waals surface area contributed by atoms with Gasteiger partial charge in [0, 0.05) is 19.2 Å². The summed E-state index contributed by atoms with van der Waals surface area (Å²) in [7, 11) is 1.63. The average Bonchev–Trinajstić information content (AvgIpc) is 2.90. The minimum Gasteiger partial charge on any atom is -0.397 e. The molecular formula is C13H19N3OS. The topological polar surface area (TPSA) is 67.2 Å². The number of benzene rings is 1. The molecule has 1 aliphatic rings. The van der Waals surface area contributed by atoms with Gasteiger partial charge in [-0.3, -0.25) is 4.79 Å². The van der Waals surface area contributed by atoms with Gasteiger partial charge in [0.05, 0.1) is 11.4 Å². The normalized spacial score (nSPS) is 18.6. The summed E-state index contributed by atoms with van der Waals surface area (Å²) in [4.78, 5) is 11.6. The summed E-state index contributed by atoms with van der Waals surface area (Å²) in [6.45, 7) is 0.925. The Morgan fingerprint density at radius 3 is 3.06 bits per heavy atom. The second-order valence-corrected chi connectivity index (χ2v) is 5.64. The summed E-state index contributed by atoms with van der Waals surface area (Å²) < 4.78 is 0. The molecule has 0 aromatic heterocycles. The molecule has 1 atom stereocenters. The number of amides is 1. The molecule has 1 unspecified atom stereocenters. The van der Waals surface area contributed by atoms with Crippen LogP contribution in [-0.4, -0.2) is 31.0 Å². The number of nitrogen functional groups attached to an aromatic ring is 1. The molecule has 0 aliphatic carbocycles. The van der Waals surface area contributed by atoms with Crippen molar-refractivity contribution in [3.05, 3.63) is 23.8 Å². The van der Waals surface area contributed by atoms with Crippen LogP contribution in [0.3, 0.4) is 0 Å². The summed E-state index contributed by atoms with van der Waals surface area (Å²) in [6.07, 6.45) is 1.26. The third-order valence-electron chi connectivity index (χ3n) is 3.15. The standard InChI is InChI=1S/C13H19N3OS/c1-15-13(17)10-2-3-11(14)12(6-10)16-7-9-4-5-18-8-9/h2-3,6,9,16H,4-5,7-8,14H2,1H3,(H,15,17). The van der Waals surface area contributed by atoms with Crippen LogP contribution in [0.1, 0.15) is 16.8 Å². The highest BCUT2D eigenvalue weighted by atomic mass is 32.2. The number of rotatable bonds is 4. The minimum atomic E-state index is -0.0885. The van der Waals surface area contributed by atoms with Gasteiger partial charge >= 0.3 is 0 Å². The minimum absolute atomic E-state index is 0.0885. The summed E-state index contributed by atoms with van der Waals surface area (Å²) >= 11 is 2.00. The molecule has 1 amide bonds. The molecule has 1 heterocycles. The Kier molecular flexibility index (Phi) is 4.36. The van der Waals surface area contributed by atoms with E-state index in [1.807, 2.05) is 17.8 Å². The monoisotopic (exact) mass is 265 g/mol. The van der Waals surface area contributed by atoms with Gasteiger partial charge < -0.3 is 16.4 Å². The van der Waals surface area contributed by atoms with Gasteiger partial charge in [-0.2, -0.15) is 11.8 Å². The summed E-state index contributed by atoms with van der Waals surface area (Å²) in [5.41, 5.74) is 8.09. The molecule has 4 N–H and O–H groups in total. The van der Waals surface area contributed by atoms with Crippen molar-refractivity contribution in [1.82, 2.24) is 5.32 Å². The van der Waals surface area contributed by atoms with Crippen LogP contribution >= 0.6 is 11.8 Å². The predicted molar refractivity (Wildman–Crippen MR) is 78.2 cm³/mol. The number of carbonyl (C=O) groups is 1. The highest BCUT2D eigenvalue weighted by Gasteiger charge is 2.15. The zero-order chi connectivity index (χ0) is 13.0. The molecule has 18 heavy (non-hydrogen) atoms. The van der Waals surface area contributed by atoms with Crippen molar-refractivity contribution in [3.63, 3.8) is 0 Å². The highest BCUT2D eigenvalue weighted by Crippen LogP contribution is 2.25. The molecule has 98 valence electrons. The van der Waals surface area contributed by atoms with Crippen LogP contribution in [0.4, 0.5) is 11.4 Å². The van der Waals surface area contributed by atoms with E-state index in [0.717, 1.165) is 12.2 Å². The van der Waals surface area contributed by atoms with E-state index >= 15 is 0 Å². The average molecular weight is 265 g/mol. The number of thioether (sulfide) groups is 1. The van der Waals surface area contributed by atoms with Crippen molar-refractivity contribution in [2.75, 3.05) is 36.1 Å². The number of hydrogen-bond acceptors (Lipinski definition) is 4. The second-order valence-electron chi connectivity index (χ2n) is 4.49. The first-order valence-corrected chi connectivity index (χ1v) is 7.29. The lowest BCUT2D eigenvalue weighted by molar-refractivity contribution is 0.0963. The molecule has 1 fully saturated rings. The Morgan fingerprint density at radius 2 is 2.39 bits per heavy atom. The molecule has 0 saturated carbocycles. The fraction of sp³-hybridized carbons (Fsp3) is 0.462. The van der Waals surface area contributed by atoms with E-state index in [4.69, 9.17) is 5.73 Å². The van der Waals surface area contributed by atoms with Crippen molar-refractivity contribution >= 4 is 29.0 Å². The van der Waals surface area contributed by atoms with Crippen LogP contribution in [0.15, 0.2) is 18.2 Å². The van der Waals surface area contributed by atoms with Crippen molar-refractivity contribution in [2.24, 2.45) is 5.92 Å². The number of hydrogen-bond donors (Lipinski definition) is 3. The molecule has 0 radical (unpaired) electrons. The molecule has 2 rings (SSSR count). The van der Waals surface area contributed by atoms with Gasteiger partial charge in [-0.1, -0.05) is 0 Å². The SMILES string of the molecule is CNC(=O)c1ccc(N)c(NCC2CCSC2)c1. The summed E-state index contributed by atoms with van der Waals surface area (Å²) in [5.74, 6) is 3.08. The third-order valence-corrected chi connectivity index (χ3v) is 4.38. The van der Waals surface area contributed by atoms with Gasteiger partial charge in [-0.05, 0) is 42.0 Å². The maximum atomic E-state index is 11.6. The Balaban J connectivity index is 2.03. The van der Waals surface area contributed by atoms with Crippen LogP contribution in [0.5, 0.6) is 0 Å². The van der Waals surface area contributed by atoms with Crippen molar-refractivity contribution in [2.45, 2.75) is 6.42 Å². The number of anilines is 2. The lowest BCUT2D eigenvalue weighted by Crippen LogP contribution is -2.19. The first kappa shape index (κ1) is 13.1. The fourth-order valence-electron chi connectivity index (χ4n) is 1.99. The summed E-state index contributed by atoms with van der Waals surface area (Å²) in [6, 6.07) is 5.33. The summed E-state index contributed by atoms with van der Waals surface area (Å²) in [5, 5.41) is 5.97. The van der Waals surface area contributed by atoms with E-state index < -0.39 is 0 Å². The van der Waals surface area contributed by atoms with Gasteiger partial charge in [0.2, 0.25) is 0 Å².